The van der Waals surface area contributed by atoms with Crippen molar-refractivity contribution >= 4 is 22.8 Å². The number of anilines is 2. The van der Waals surface area contributed by atoms with Gasteiger partial charge in [-0.2, -0.15) is 0 Å². The third-order valence-electron chi connectivity index (χ3n) is 2.18. The Morgan fingerprint density at radius 2 is 2.40 bits per heavy atom. The number of aryl methyl sites for hydroxylation is 1. The van der Waals surface area contributed by atoms with Crippen LogP contribution in [0.3, 0.4) is 0 Å². The Kier molecular flexibility index (Phi) is 2.87. The Morgan fingerprint density at radius 3 is 3.07 bits per heavy atom. The highest BCUT2D eigenvalue weighted by atomic mass is 32.1. The van der Waals surface area contributed by atoms with E-state index in [1.54, 1.807) is 17.5 Å². The van der Waals surface area contributed by atoms with E-state index in [0.717, 1.165) is 23.6 Å². The number of pyridine rings is 1. The summed E-state index contributed by atoms with van der Waals surface area (Å²) in [5.41, 5.74) is 7.48. The van der Waals surface area contributed by atoms with E-state index >= 15 is 0 Å². The van der Waals surface area contributed by atoms with Crippen LogP contribution in [0.15, 0.2) is 29.8 Å². The molecule has 3 N–H and O–H groups in total. The maximum absolute atomic E-state index is 5.69. The Morgan fingerprint density at radius 1 is 1.53 bits per heavy atom. The van der Waals surface area contributed by atoms with Crippen LogP contribution in [-0.2, 0) is 6.54 Å². The van der Waals surface area contributed by atoms with E-state index in [4.69, 9.17) is 5.73 Å². The minimum atomic E-state index is 0.733. The highest BCUT2D eigenvalue weighted by molar-refractivity contribution is 7.09. The van der Waals surface area contributed by atoms with Gasteiger partial charge in [-0.1, -0.05) is 6.07 Å². The number of hydrogen-bond donors (Lipinski definition) is 2. The van der Waals surface area contributed by atoms with Crippen molar-refractivity contribution in [3.63, 3.8) is 0 Å². The van der Waals surface area contributed by atoms with E-state index in [1.165, 1.54) is 4.88 Å². The fraction of sp³-hybridized carbons (Fsp3) is 0.182. The van der Waals surface area contributed by atoms with Crippen molar-refractivity contribution < 1.29 is 0 Å². The molecule has 0 saturated carbocycles. The van der Waals surface area contributed by atoms with Gasteiger partial charge >= 0.3 is 0 Å². The first-order valence-electron chi connectivity index (χ1n) is 4.74. The minimum Gasteiger partial charge on any atom is -0.397 e. The molecule has 15 heavy (non-hydrogen) atoms. The molecule has 0 amide bonds. The van der Waals surface area contributed by atoms with Crippen LogP contribution >= 0.6 is 11.3 Å². The maximum atomic E-state index is 5.69. The Labute approximate surface area is 93.0 Å². The van der Waals surface area contributed by atoms with Gasteiger partial charge in [-0.3, -0.25) is 0 Å². The average Bonchev–Trinajstić information content (AvgIpc) is 2.73. The number of nitrogens with one attached hydrogen (secondary N) is 1. The van der Waals surface area contributed by atoms with E-state index in [9.17, 15) is 0 Å². The first kappa shape index (κ1) is 9.98. The number of hydrogen-bond acceptors (Lipinski definition) is 4. The maximum Gasteiger partial charge on any atom is 0.126 e. The summed E-state index contributed by atoms with van der Waals surface area (Å²) in [7, 11) is 0. The van der Waals surface area contributed by atoms with Crippen LogP contribution in [0.4, 0.5) is 11.5 Å². The second-order valence-electron chi connectivity index (χ2n) is 3.36. The van der Waals surface area contributed by atoms with Crippen molar-refractivity contribution in [1.82, 2.24) is 4.98 Å². The zero-order chi connectivity index (χ0) is 10.7. The normalized spacial score (nSPS) is 10.2. The lowest BCUT2D eigenvalue weighted by atomic mass is 10.2. The molecule has 0 aromatic carbocycles. The summed E-state index contributed by atoms with van der Waals surface area (Å²) in [5.74, 6) is 0.870. The van der Waals surface area contributed by atoms with Crippen molar-refractivity contribution in [2.75, 3.05) is 11.1 Å². The largest absolute Gasteiger partial charge is 0.397 e. The Hall–Kier alpha value is -1.55. The molecule has 2 rings (SSSR count). The zero-order valence-corrected chi connectivity index (χ0v) is 9.34. The molecule has 0 atom stereocenters. The van der Waals surface area contributed by atoms with E-state index in [0.29, 0.717) is 0 Å². The van der Waals surface area contributed by atoms with Gasteiger partial charge in [0.1, 0.15) is 5.82 Å². The molecular formula is C11H13N3S. The molecule has 0 aliphatic rings. The molecule has 2 aromatic rings. The van der Waals surface area contributed by atoms with Gasteiger partial charge in [0.15, 0.2) is 0 Å². The van der Waals surface area contributed by atoms with Gasteiger partial charge in [0.25, 0.3) is 0 Å². The number of nitrogen functional groups attached to an aromatic ring is 1. The molecule has 0 spiro atoms. The molecule has 0 unspecified atom stereocenters. The summed E-state index contributed by atoms with van der Waals surface area (Å²) in [5, 5.41) is 5.33. The van der Waals surface area contributed by atoms with Crippen LogP contribution in [0.25, 0.3) is 0 Å². The Bertz CT molecular complexity index is 437. The highest BCUT2D eigenvalue weighted by Crippen LogP contribution is 2.15. The number of nitrogens with two attached hydrogens (primary N) is 1. The molecule has 0 aliphatic heterocycles. The second kappa shape index (κ2) is 4.31. The molecular weight excluding hydrogens is 206 g/mol. The van der Waals surface area contributed by atoms with Crippen molar-refractivity contribution in [2.45, 2.75) is 13.5 Å². The fourth-order valence-corrected chi connectivity index (χ4v) is 1.90. The SMILES string of the molecule is Cc1cc(NCc2cccs2)ncc1N. The summed E-state index contributed by atoms with van der Waals surface area (Å²) >= 11 is 1.73. The summed E-state index contributed by atoms with van der Waals surface area (Å²) < 4.78 is 0. The molecule has 0 fully saturated rings. The summed E-state index contributed by atoms with van der Waals surface area (Å²) in [6.07, 6.45) is 1.69. The van der Waals surface area contributed by atoms with Crippen LogP contribution in [0.5, 0.6) is 0 Å². The van der Waals surface area contributed by atoms with Crippen molar-refractivity contribution in [3.05, 3.63) is 40.2 Å². The van der Waals surface area contributed by atoms with Crippen molar-refractivity contribution in [1.29, 1.82) is 0 Å². The van der Waals surface area contributed by atoms with Crippen molar-refractivity contribution in [2.24, 2.45) is 0 Å². The van der Waals surface area contributed by atoms with E-state index in [2.05, 4.69) is 21.7 Å². The summed E-state index contributed by atoms with van der Waals surface area (Å²) in [6.45, 7) is 2.79. The number of nitrogens with zero attached hydrogens (tertiary/aromatic N) is 1. The fourth-order valence-electron chi connectivity index (χ4n) is 1.25. The molecule has 4 heteroatoms. The smallest absolute Gasteiger partial charge is 0.126 e. The molecule has 0 saturated heterocycles. The third-order valence-corrected chi connectivity index (χ3v) is 3.05. The van der Waals surface area contributed by atoms with Crippen LogP contribution in [0.2, 0.25) is 0 Å². The minimum absolute atomic E-state index is 0.733. The summed E-state index contributed by atoms with van der Waals surface area (Å²) in [4.78, 5) is 5.50. The lowest BCUT2D eigenvalue weighted by molar-refractivity contribution is 1.13. The monoisotopic (exact) mass is 219 g/mol. The van der Waals surface area contributed by atoms with Crippen LogP contribution < -0.4 is 11.1 Å². The Balaban J connectivity index is 2.02. The summed E-state index contributed by atoms with van der Waals surface area (Å²) in [6, 6.07) is 6.11. The quantitative estimate of drug-likeness (QED) is 0.834. The number of rotatable bonds is 3. The standard InChI is InChI=1S/C11H13N3S/c1-8-5-11(14-7-10(8)12)13-6-9-3-2-4-15-9/h2-5,7H,6,12H2,1H3,(H,13,14). The molecule has 3 nitrogen and oxygen atoms in total. The van der Waals surface area contributed by atoms with E-state index < -0.39 is 0 Å². The van der Waals surface area contributed by atoms with Gasteiger partial charge in [-0.15, -0.1) is 11.3 Å². The average molecular weight is 219 g/mol. The highest BCUT2D eigenvalue weighted by Gasteiger charge is 1.98. The second-order valence-corrected chi connectivity index (χ2v) is 4.39. The lowest BCUT2D eigenvalue weighted by Gasteiger charge is -2.06. The van der Waals surface area contributed by atoms with Crippen LogP contribution in [-0.4, -0.2) is 4.98 Å². The van der Waals surface area contributed by atoms with E-state index in [1.807, 2.05) is 19.1 Å². The van der Waals surface area contributed by atoms with Gasteiger partial charge < -0.3 is 11.1 Å². The molecule has 0 bridgehead atoms. The molecule has 0 radical (unpaired) electrons. The topological polar surface area (TPSA) is 50.9 Å². The first-order valence-corrected chi connectivity index (χ1v) is 5.62. The first-order chi connectivity index (χ1) is 7.25. The predicted octanol–water partition coefficient (Wildman–Crippen LogP) is 2.65. The van der Waals surface area contributed by atoms with Crippen molar-refractivity contribution in [3.8, 4) is 0 Å². The van der Waals surface area contributed by atoms with Gasteiger partial charge in [0.2, 0.25) is 0 Å². The molecule has 0 aliphatic carbocycles. The number of aromatic nitrogens is 1. The zero-order valence-electron chi connectivity index (χ0n) is 8.53. The molecule has 2 heterocycles. The predicted molar refractivity (Wildman–Crippen MR) is 65.0 cm³/mol. The van der Waals surface area contributed by atoms with Gasteiger partial charge in [-0.25, -0.2) is 4.98 Å². The molecule has 2 aromatic heterocycles. The lowest BCUT2D eigenvalue weighted by Crippen LogP contribution is -2.01. The van der Waals surface area contributed by atoms with Gasteiger partial charge in [0, 0.05) is 4.88 Å². The molecule has 78 valence electrons. The van der Waals surface area contributed by atoms with Gasteiger partial charge in [-0.05, 0) is 30.0 Å². The number of thiophene rings is 1. The third kappa shape index (κ3) is 2.47. The van der Waals surface area contributed by atoms with Crippen LogP contribution in [0, 0.1) is 6.92 Å². The van der Waals surface area contributed by atoms with E-state index in [-0.39, 0.29) is 0 Å². The van der Waals surface area contributed by atoms with Crippen LogP contribution in [0.1, 0.15) is 10.4 Å². The van der Waals surface area contributed by atoms with Gasteiger partial charge in [0.05, 0.1) is 18.4 Å².